The minimum Gasteiger partial charge on any atom is -0.494 e. The average Bonchev–Trinajstić information content (AvgIpc) is 2.40. The number of nitrogens with two attached hydrogens (primary N) is 1. The van der Waals surface area contributed by atoms with Gasteiger partial charge in [-0.25, -0.2) is 0 Å². The molecule has 106 valence electrons. The van der Waals surface area contributed by atoms with Gasteiger partial charge in [-0.2, -0.15) is 5.06 Å². The number of anilines is 2. The molecule has 1 rings (SSSR count). The Morgan fingerprint density at radius 1 is 1.42 bits per heavy atom. The third kappa shape index (κ3) is 5.15. The second-order valence-corrected chi connectivity index (χ2v) is 4.15. The Balaban J connectivity index is 2.48. The number of methoxy groups -OCH3 is 1. The number of benzene rings is 1. The number of carbonyl (C=O) groups is 1. The van der Waals surface area contributed by atoms with E-state index in [1.807, 2.05) is 7.05 Å². The van der Waals surface area contributed by atoms with E-state index < -0.39 is 0 Å². The van der Waals surface area contributed by atoms with E-state index in [-0.39, 0.29) is 5.91 Å². The first-order valence-electron chi connectivity index (χ1n) is 6.05. The van der Waals surface area contributed by atoms with Crippen molar-refractivity contribution in [3.63, 3.8) is 0 Å². The Morgan fingerprint density at radius 2 is 2.16 bits per heavy atom. The third-order valence-corrected chi connectivity index (χ3v) is 2.69. The fraction of sp³-hybridized carbons (Fsp3) is 0.462. The van der Waals surface area contributed by atoms with E-state index in [0.717, 1.165) is 0 Å². The van der Waals surface area contributed by atoms with Gasteiger partial charge in [0.05, 0.1) is 19.9 Å². The lowest BCUT2D eigenvalue weighted by Gasteiger charge is -2.13. The lowest BCUT2D eigenvalue weighted by molar-refractivity contribution is -0.119. The standard InChI is InChI=1S/C13H21N3O3/c1-16(19-3)8-4-5-13(17)15-11-7-6-10(14)9-12(11)18-2/h6-7,9H,4-5,8,14H2,1-3H3,(H,15,17). The Bertz CT molecular complexity index is 424. The van der Waals surface area contributed by atoms with Crippen molar-refractivity contribution in [2.45, 2.75) is 12.8 Å². The third-order valence-electron chi connectivity index (χ3n) is 2.69. The van der Waals surface area contributed by atoms with Crippen LogP contribution in [0.2, 0.25) is 0 Å². The number of carbonyl (C=O) groups excluding carboxylic acids is 1. The second-order valence-electron chi connectivity index (χ2n) is 4.15. The molecular formula is C13H21N3O3. The molecule has 1 aromatic carbocycles. The van der Waals surface area contributed by atoms with Crippen molar-refractivity contribution < 1.29 is 14.4 Å². The number of rotatable bonds is 7. The van der Waals surface area contributed by atoms with Gasteiger partial charge in [0.2, 0.25) is 5.91 Å². The average molecular weight is 267 g/mol. The maximum Gasteiger partial charge on any atom is 0.224 e. The first kappa shape index (κ1) is 15.3. The zero-order chi connectivity index (χ0) is 14.3. The van der Waals surface area contributed by atoms with E-state index in [0.29, 0.717) is 36.5 Å². The maximum atomic E-state index is 11.8. The van der Waals surface area contributed by atoms with Gasteiger partial charge in [-0.1, -0.05) is 0 Å². The molecule has 0 aromatic heterocycles. The fourth-order valence-corrected chi connectivity index (χ4v) is 1.58. The van der Waals surface area contributed by atoms with Crippen molar-refractivity contribution >= 4 is 17.3 Å². The van der Waals surface area contributed by atoms with Gasteiger partial charge in [0.25, 0.3) is 0 Å². The molecule has 0 atom stereocenters. The van der Waals surface area contributed by atoms with Crippen LogP contribution in [0.3, 0.4) is 0 Å². The van der Waals surface area contributed by atoms with Crippen LogP contribution in [-0.4, -0.2) is 38.8 Å². The number of ether oxygens (including phenoxy) is 1. The maximum absolute atomic E-state index is 11.8. The topological polar surface area (TPSA) is 76.8 Å². The Labute approximate surface area is 113 Å². The highest BCUT2D eigenvalue weighted by atomic mass is 16.7. The van der Waals surface area contributed by atoms with Gasteiger partial charge < -0.3 is 20.6 Å². The van der Waals surface area contributed by atoms with Crippen LogP contribution in [-0.2, 0) is 9.63 Å². The summed E-state index contributed by atoms with van der Waals surface area (Å²) in [6, 6.07) is 5.12. The zero-order valence-corrected chi connectivity index (χ0v) is 11.6. The number of hydrogen-bond acceptors (Lipinski definition) is 5. The van der Waals surface area contributed by atoms with E-state index in [1.54, 1.807) is 30.4 Å². The van der Waals surface area contributed by atoms with Crippen LogP contribution < -0.4 is 15.8 Å². The summed E-state index contributed by atoms with van der Waals surface area (Å²) < 4.78 is 5.16. The van der Waals surface area contributed by atoms with Crippen LogP contribution in [0.15, 0.2) is 18.2 Å². The van der Waals surface area contributed by atoms with Crippen LogP contribution >= 0.6 is 0 Å². The van der Waals surface area contributed by atoms with Crippen LogP contribution in [0, 0.1) is 0 Å². The molecule has 0 saturated heterocycles. The number of nitrogens with one attached hydrogen (secondary N) is 1. The number of nitrogens with zero attached hydrogens (tertiary/aromatic N) is 1. The Kier molecular flexibility index (Phi) is 6.11. The summed E-state index contributed by atoms with van der Waals surface area (Å²) in [6.45, 7) is 0.697. The summed E-state index contributed by atoms with van der Waals surface area (Å²) in [6.07, 6.45) is 1.13. The normalized spacial score (nSPS) is 10.5. The molecule has 0 fully saturated rings. The van der Waals surface area contributed by atoms with E-state index >= 15 is 0 Å². The fourth-order valence-electron chi connectivity index (χ4n) is 1.58. The van der Waals surface area contributed by atoms with Gasteiger partial charge >= 0.3 is 0 Å². The van der Waals surface area contributed by atoms with Gasteiger partial charge in [-0.15, -0.1) is 0 Å². The molecule has 0 spiro atoms. The molecule has 0 bridgehead atoms. The lowest BCUT2D eigenvalue weighted by atomic mass is 10.2. The Hall–Kier alpha value is -1.79. The van der Waals surface area contributed by atoms with Crippen molar-refractivity contribution in [3.8, 4) is 5.75 Å². The number of hydrogen-bond donors (Lipinski definition) is 2. The zero-order valence-electron chi connectivity index (χ0n) is 11.6. The van der Waals surface area contributed by atoms with Crippen molar-refractivity contribution in [1.82, 2.24) is 5.06 Å². The molecule has 0 aliphatic rings. The van der Waals surface area contributed by atoms with Crippen LogP contribution in [0.1, 0.15) is 12.8 Å². The molecule has 3 N–H and O–H groups in total. The predicted octanol–water partition coefficient (Wildman–Crippen LogP) is 1.49. The molecule has 0 unspecified atom stereocenters. The second kappa shape index (κ2) is 7.60. The highest BCUT2D eigenvalue weighted by Crippen LogP contribution is 2.26. The monoisotopic (exact) mass is 267 g/mol. The molecule has 1 aromatic rings. The quantitative estimate of drug-likeness (QED) is 0.578. The summed E-state index contributed by atoms with van der Waals surface area (Å²) in [5, 5.41) is 4.48. The minimum absolute atomic E-state index is 0.0624. The smallest absolute Gasteiger partial charge is 0.224 e. The van der Waals surface area contributed by atoms with E-state index in [2.05, 4.69) is 5.32 Å². The molecule has 0 heterocycles. The van der Waals surface area contributed by atoms with E-state index in [1.165, 1.54) is 7.11 Å². The molecule has 6 heteroatoms. The molecular weight excluding hydrogens is 246 g/mol. The number of nitrogen functional groups attached to an aromatic ring is 1. The number of hydroxylamine groups is 2. The molecule has 0 aliphatic carbocycles. The predicted molar refractivity (Wildman–Crippen MR) is 74.9 cm³/mol. The van der Waals surface area contributed by atoms with Gasteiger partial charge in [-0.3, -0.25) is 4.79 Å². The van der Waals surface area contributed by atoms with Crippen molar-refractivity contribution in [2.24, 2.45) is 0 Å². The molecule has 19 heavy (non-hydrogen) atoms. The number of amides is 1. The summed E-state index contributed by atoms with van der Waals surface area (Å²) >= 11 is 0. The van der Waals surface area contributed by atoms with Gasteiger partial charge in [0.15, 0.2) is 0 Å². The van der Waals surface area contributed by atoms with E-state index in [4.69, 9.17) is 15.3 Å². The molecule has 1 amide bonds. The highest BCUT2D eigenvalue weighted by Gasteiger charge is 2.08. The van der Waals surface area contributed by atoms with E-state index in [9.17, 15) is 4.79 Å². The van der Waals surface area contributed by atoms with Crippen molar-refractivity contribution in [3.05, 3.63) is 18.2 Å². The lowest BCUT2D eigenvalue weighted by Crippen LogP contribution is -2.20. The van der Waals surface area contributed by atoms with Gasteiger partial charge in [0, 0.05) is 31.8 Å². The van der Waals surface area contributed by atoms with Crippen LogP contribution in [0.4, 0.5) is 11.4 Å². The minimum atomic E-state index is -0.0624. The molecule has 0 saturated carbocycles. The highest BCUT2D eigenvalue weighted by molar-refractivity contribution is 5.92. The van der Waals surface area contributed by atoms with Crippen LogP contribution in [0.5, 0.6) is 5.75 Å². The van der Waals surface area contributed by atoms with Crippen molar-refractivity contribution in [1.29, 1.82) is 0 Å². The summed E-state index contributed by atoms with van der Waals surface area (Å²) in [4.78, 5) is 16.7. The largest absolute Gasteiger partial charge is 0.494 e. The van der Waals surface area contributed by atoms with Crippen LogP contribution in [0.25, 0.3) is 0 Å². The molecule has 0 radical (unpaired) electrons. The van der Waals surface area contributed by atoms with Gasteiger partial charge in [-0.05, 0) is 18.6 Å². The Morgan fingerprint density at radius 3 is 2.79 bits per heavy atom. The first-order chi connectivity index (χ1) is 9.06. The first-order valence-corrected chi connectivity index (χ1v) is 6.05. The molecule has 0 aliphatic heterocycles. The summed E-state index contributed by atoms with van der Waals surface area (Å²) in [5.41, 5.74) is 6.87. The molecule has 6 nitrogen and oxygen atoms in total. The summed E-state index contributed by atoms with van der Waals surface area (Å²) in [7, 11) is 4.96. The SMILES string of the molecule is COc1cc(N)ccc1NC(=O)CCCN(C)OC. The summed E-state index contributed by atoms with van der Waals surface area (Å²) in [5.74, 6) is 0.495. The van der Waals surface area contributed by atoms with Crippen molar-refractivity contribution in [2.75, 3.05) is 38.9 Å². The van der Waals surface area contributed by atoms with Gasteiger partial charge in [0.1, 0.15) is 5.75 Å².